The Morgan fingerprint density at radius 1 is 0.941 bits per heavy atom. The van der Waals surface area contributed by atoms with Crippen LogP contribution in [0.3, 0.4) is 0 Å². The molecule has 0 aromatic heterocycles. The highest BCUT2D eigenvalue weighted by Gasteiger charge is 2.25. The van der Waals surface area contributed by atoms with E-state index in [9.17, 15) is 5.11 Å². The Hall–Kier alpha value is -0.0800. The number of hydrogen-bond donors (Lipinski definition) is 1. The normalized spacial score (nSPS) is 24.4. The molecule has 0 aliphatic heterocycles. The average Bonchev–Trinajstić information content (AvgIpc) is 2.73. The molecule has 1 aliphatic carbocycles. The highest BCUT2D eigenvalue weighted by molar-refractivity contribution is 4.76. The summed E-state index contributed by atoms with van der Waals surface area (Å²) in [7, 11) is 0. The van der Waals surface area contributed by atoms with E-state index in [4.69, 9.17) is 4.74 Å². The molecule has 1 N–H and O–H groups in total. The van der Waals surface area contributed by atoms with Gasteiger partial charge in [-0.2, -0.15) is 0 Å². The standard InChI is InChI=1S/C15H30O2/c1-2-3-4-5-6-7-8-9-13-17-15-12-10-11-14(15)16/h14-16H,2-13H2,1H3. The van der Waals surface area contributed by atoms with Crippen LogP contribution in [0.5, 0.6) is 0 Å². The van der Waals surface area contributed by atoms with Gasteiger partial charge >= 0.3 is 0 Å². The lowest BCUT2D eigenvalue weighted by molar-refractivity contribution is -0.0197. The van der Waals surface area contributed by atoms with Gasteiger partial charge in [-0.3, -0.25) is 0 Å². The third-order valence-electron chi connectivity index (χ3n) is 3.75. The molecule has 0 saturated heterocycles. The zero-order valence-corrected chi connectivity index (χ0v) is 11.5. The molecule has 17 heavy (non-hydrogen) atoms. The van der Waals surface area contributed by atoms with Crippen LogP contribution in [0.2, 0.25) is 0 Å². The molecule has 1 fully saturated rings. The highest BCUT2D eigenvalue weighted by atomic mass is 16.5. The molecule has 0 radical (unpaired) electrons. The van der Waals surface area contributed by atoms with Gasteiger partial charge in [0.1, 0.15) is 0 Å². The summed E-state index contributed by atoms with van der Waals surface area (Å²) in [6, 6.07) is 0. The van der Waals surface area contributed by atoms with E-state index in [1.165, 1.54) is 44.9 Å². The van der Waals surface area contributed by atoms with Crippen LogP contribution >= 0.6 is 0 Å². The van der Waals surface area contributed by atoms with E-state index >= 15 is 0 Å². The third kappa shape index (κ3) is 7.05. The Labute approximate surface area is 107 Å². The van der Waals surface area contributed by atoms with Crippen LogP contribution < -0.4 is 0 Å². The molecule has 1 saturated carbocycles. The van der Waals surface area contributed by atoms with Crippen LogP contribution in [0.15, 0.2) is 0 Å². The summed E-state index contributed by atoms with van der Waals surface area (Å²) in [5.41, 5.74) is 0. The number of aliphatic hydroxyl groups excluding tert-OH is 1. The van der Waals surface area contributed by atoms with Gasteiger partial charge in [0.05, 0.1) is 12.2 Å². The molecule has 0 amide bonds. The fourth-order valence-corrected chi connectivity index (χ4v) is 2.57. The lowest BCUT2D eigenvalue weighted by Crippen LogP contribution is -2.23. The maximum atomic E-state index is 9.59. The second-order valence-electron chi connectivity index (χ2n) is 5.38. The van der Waals surface area contributed by atoms with Crippen LogP contribution in [0.1, 0.15) is 77.6 Å². The van der Waals surface area contributed by atoms with E-state index in [0.717, 1.165) is 32.3 Å². The fourth-order valence-electron chi connectivity index (χ4n) is 2.57. The minimum atomic E-state index is -0.191. The quantitative estimate of drug-likeness (QED) is 0.585. The number of rotatable bonds is 10. The molecule has 2 nitrogen and oxygen atoms in total. The Kier molecular flexibility index (Phi) is 8.72. The summed E-state index contributed by atoms with van der Waals surface area (Å²) in [4.78, 5) is 0. The van der Waals surface area contributed by atoms with Crippen LogP contribution in [-0.2, 0) is 4.74 Å². The third-order valence-corrected chi connectivity index (χ3v) is 3.75. The van der Waals surface area contributed by atoms with Crippen LogP contribution in [0.4, 0.5) is 0 Å². The summed E-state index contributed by atoms with van der Waals surface area (Å²) >= 11 is 0. The Balaban J connectivity index is 1.78. The van der Waals surface area contributed by atoms with Crippen molar-refractivity contribution in [2.24, 2.45) is 0 Å². The molecular weight excluding hydrogens is 212 g/mol. The van der Waals surface area contributed by atoms with Crippen LogP contribution in [0.25, 0.3) is 0 Å². The molecule has 1 aliphatic rings. The topological polar surface area (TPSA) is 29.5 Å². The first-order valence-corrected chi connectivity index (χ1v) is 7.64. The van der Waals surface area contributed by atoms with Gasteiger partial charge in [-0.05, 0) is 25.7 Å². The molecule has 0 spiro atoms. The fraction of sp³-hybridized carbons (Fsp3) is 1.00. The molecule has 0 heterocycles. The molecule has 2 atom stereocenters. The average molecular weight is 242 g/mol. The Morgan fingerprint density at radius 3 is 2.18 bits per heavy atom. The first kappa shape index (κ1) is 15.0. The summed E-state index contributed by atoms with van der Waals surface area (Å²) < 4.78 is 5.71. The van der Waals surface area contributed by atoms with E-state index in [1.807, 2.05) is 0 Å². The molecule has 0 aromatic carbocycles. The first-order valence-electron chi connectivity index (χ1n) is 7.64. The maximum absolute atomic E-state index is 9.59. The summed E-state index contributed by atoms with van der Waals surface area (Å²) in [6.07, 6.45) is 13.8. The smallest absolute Gasteiger partial charge is 0.0833 e. The van der Waals surface area contributed by atoms with E-state index in [0.29, 0.717) is 0 Å². The number of hydrogen-bond acceptors (Lipinski definition) is 2. The first-order chi connectivity index (χ1) is 8.34. The van der Waals surface area contributed by atoms with Gasteiger partial charge in [0.2, 0.25) is 0 Å². The zero-order chi connectivity index (χ0) is 12.3. The Morgan fingerprint density at radius 2 is 1.59 bits per heavy atom. The predicted molar refractivity (Wildman–Crippen MR) is 72.2 cm³/mol. The van der Waals surface area contributed by atoms with Gasteiger partial charge < -0.3 is 9.84 Å². The van der Waals surface area contributed by atoms with Crippen molar-refractivity contribution in [2.75, 3.05) is 6.61 Å². The van der Waals surface area contributed by atoms with Crippen molar-refractivity contribution in [3.05, 3.63) is 0 Å². The Bertz CT molecular complexity index is 170. The van der Waals surface area contributed by atoms with Crippen molar-refractivity contribution < 1.29 is 9.84 Å². The number of unbranched alkanes of at least 4 members (excludes halogenated alkanes) is 7. The molecule has 0 aromatic rings. The van der Waals surface area contributed by atoms with Gasteiger partial charge in [-0.15, -0.1) is 0 Å². The molecule has 102 valence electrons. The molecule has 1 rings (SSSR count). The minimum Gasteiger partial charge on any atom is -0.390 e. The van der Waals surface area contributed by atoms with Crippen LogP contribution in [-0.4, -0.2) is 23.9 Å². The summed E-state index contributed by atoms with van der Waals surface area (Å²) in [6.45, 7) is 3.10. The van der Waals surface area contributed by atoms with Gasteiger partial charge in [-0.1, -0.05) is 51.9 Å². The van der Waals surface area contributed by atoms with Crippen molar-refractivity contribution in [3.63, 3.8) is 0 Å². The largest absolute Gasteiger partial charge is 0.390 e. The predicted octanol–water partition coefficient (Wildman–Crippen LogP) is 4.06. The van der Waals surface area contributed by atoms with Crippen molar-refractivity contribution >= 4 is 0 Å². The monoisotopic (exact) mass is 242 g/mol. The number of ether oxygens (including phenoxy) is 1. The summed E-state index contributed by atoms with van der Waals surface area (Å²) in [5, 5.41) is 9.59. The molecular formula is C15H30O2. The minimum absolute atomic E-state index is 0.138. The van der Waals surface area contributed by atoms with E-state index in [-0.39, 0.29) is 12.2 Å². The zero-order valence-electron chi connectivity index (χ0n) is 11.5. The lowest BCUT2D eigenvalue weighted by Gasteiger charge is -2.15. The number of aliphatic hydroxyl groups is 1. The van der Waals surface area contributed by atoms with Crippen LogP contribution in [0, 0.1) is 0 Å². The lowest BCUT2D eigenvalue weighted by atomic mass is 10.1. The van der Waals surface area contributed by atoms with Gasteiger partial charge in [0.25, 0.3) is 0 Å². The molecule has 0 bridgehead atoms. The summed E-state index contributed by atoms with van der Waals surface area (Å²) in [5.74, 6) is 0. The van der Waals surface area contributed by atoms with Crippen molar-refractivity contribution in [3.8, 4) is 0 Å². The van der Waals surface area contributed by atoms with Gasteiger partial charge in [-0.25, -0.2) is 0 Å². The second kappa shape index (κ2) is 9.90. The van der Waals surface area contributed by atoms with E-state index in [1.54, 1.807) is 0 Å². The van der Waals surface area contributed by atoms with Gasteiger partial charge in [0.15, 0.2) is 0 Å². The van der Waals surface area contributed by atoms with Crippen molar-refractivity contribution in [1.29, 1.82) is 0 Å². The molecule has 2 unspecified atom stereocenters. The second-order valence-corrected chi connectivity index (χ2v) is 5.38. The molecule has 2 heteroatoms. The maximum Gasteiger partial charge on any atom is 0.0833 e. The SMILES string of the molecule is CCCCCCCCCCOC1CCCC1O. The van der Waals surface area contributed by atoms with E-state index < -0.39 is 0 Å². The highest BCUT2D eigenvalue weighted by Crippen LogP contribution is 2.22. The van der Waals surface area contributed by atoms with Gasteiger partial charge in [0, 0.05) is 6.61 Å². The van der Waals surface area contributed by atoms with Crippen molar-refractivity contribution in [1.82, 2.24) is 0 Å². The van der Waals surface area contributed by atoms with Crippen molar-refractivity contribution in [2.45, 2.75) is 89.8 Å². The van der Waals surface area contributed by atoms with E-state index in [2.05, 4.69) is 6.92 Å².